The highest BCUT2D eigenvalue weighted by atomic mass is 127. The summed E-state index contributed by atoms with van der Waals surface area (Å²) in [5.41, 5.74) is 4.15. The van der Waals surface area contributed by atoms with Crippen LogP contribution in [0.1, 0.15) is 22.8 Å². The summed E-state index contributed by atoms with van der Waals surface area (Å²) in [6.45, 7) is 7.58. The molecule has 210 valence electrons. The Morgan fingerprint density at radius 3 is 2.27 bits per heavy atom. The Bertz CT molecular complexity index is 1310. The molecule has 0 amide bonds. The Kier molecular flexibility index (Phi) is 9.57. The average Bonchev–Trinajstić information content (AvgIpc) is 2.99. The van der Waals surface area contributed by atoms with Crippen LogP contribution in [0.5, 0.6) is 11.5 Å². The highest BCUT2D eigenvalue weighted by Crippen LogP contribution is 2.29. The average molecular weight is 659 g/mol. The number of esters is 1. The van der Waals surface area contributed by atoms with Crippen LogP contribution in [0.25, 0.3) is 0 Å². The number of rotatable bonds is 9. The molecular formula is C27H30IN7O5. The predicted molar refractivity (Wildman–Crippen MR) is 159 cm³/mol. The van der Waals surface area contributed by atoms with E-state index in [0.29, 0.717) is 94.1 Å². The van der Waals surface area contributed by atoms with E-state index in [4.69, 9.17) is 23.9 Å². The predicted octanol–water partition coefficient (Wildman–Crippen LogP) is 3.21. The summed E-state index contributed by atoms with van der Waals surface area (Å²) < 4.78 is 23.3. The van der Waals surface area contributed by atoms with Gasteiger partial charge in [0.05, 0.1) is 44.8 Å². The molecule has 1 N–H and O–H groups in total. The normalized spacial score (nSPS) is 15.8. The molecule has 2 aliphatic heterocycles. The number of nitrogens with zero attached hydrogens (tertiary/aromatic N) is 6. The maximum absolute atomic E-state index is 12.7. The zero-order chi connectivity index (χ0) is 27.7. The fourth-order valence-electron chi connectivity index (χ4n) is 4.11. The molecule has 0 unspecified atom stereocenters. The van der Waals surface area contributed by atoms with Crippen molar-refractivity contribution in [3.8, 4) is 11.5 Å². The van der Waals surface area contributed by atoms with Gasteiger partial charge < -0.3 is 28.7 Å². The number of carbonyl (C=O) groups excluding carboxylic acids is 1. The molecule has 0 radical (unpaired) electrons. The molecule has 1 aromatic heterocycles. The zero-order valence-electron chi connectivity index (χ0n) is 22.1. The topological polar surface area (TPSA) is 124 Å². The molecule has 2 fully saturated rings. The lowest BCUT2D eigenvalue weighted by Crippen LogP contribution is -2.40. The van der Waals surface area contributed by atoms with Crippen molar-refractivity contribution in [3.63, 3.8) is 0 Å². The summed E-state index contributed by atoms with van der Waals surface area (Å²) in [5.74, 6) is 1.81. The van der Waals surface area contributed by atoms with E-state index in [-0.39, 0.29) is 0 Å². The van der Waals surface area contributed by atoms with Gasteiger partial charge in [0.2, 0.25) is 17.8 Å². The van der Waals surface area contributed by atoms with Gasteiger partial charge in [-0.1, -0.05) is 6.07 Å². The van der Waals surface area contributed by atoms with E-state index in [1.165, 1.54) is 0 Å². The lowest BCUT2D eigenvalue weighted by molar-refractivity contribution is 0.0728. The SMILES string of the molecule is CCOc1cc(C=NNc2nc(N3CCOCC3)nc(N3CCOCC3)n2)ccc1OC(=O)c1cccc(I)c1. The summed E-state index contributed by atoms with van der Waals surface area (Å²) >= 11 is 2.16. The van der Waals surface area contributed by atoms with Gasteiger partial charge in [0.15, 0.2) is 11.5 Å². The minimum atomic E-state index is -0.454. The minimum Gasteiger partial charge on any atom is -0.490 e. The van der Waals surface area contributed by atoms with E-state index < -0.39 is 5.97 Å². The third kappa shape index (κ3) is 7.34. The number of aromatic nitrogens is 3. The number of hydrazone groups is 1. The van der Waals surface area contributed by atoms with Crippen LogP contribution in [0.4, 0.5) is 17.8 Å². The first kappa shape index (κ1) is 28.0. The fourth-order valence-corrected chi connectivity index (χ4v) is 4.65. The number of hydrogen-bond acceptors (Lipinski definition) is 12. The van der Waals surface area contributed by atoms with Gasteiger partial charge in [-0.25, -0.2) is 10.2 Å². The Morgan fingerprint density at radius 1 is 0.975 bits per heavy atom. The van der Waals surface area contributed by atoms with Crippen molar-refractivity contribution >= 4 is 52.6 Å². The molecular weight excluding hydrogens is 629 g/mol. The van der Waals surface area contributed by atoms with Gasteiger partial charge in [-0.3, -0.25) is 0 Å². The van der Waals surface area contributed by atoms with Gasteiger partial charge in [0, 0.05) is 29.7 Å². The van der Waals surface area contributed by atoms with E-state index >= 15 is 0 Å². The number of anilines is 3. The number of morpholine rings is 2. The second-order valence-corrected chi connectivity index (χ2v) is 10.1. The summed E-state index contributed by atoms with van der Waals surface area (Å²) in [6.07, 6.45) is 1.63. The minimum absolute atomic E-state index is 0.332. The number of benzene rings is 2. The van der Waals surface area contributed by atoms with Gasteiger partial charge in [-0.05, 0) is 71.5 Å². The van der Waals surface area contributed by atoms with Gasteiger partial charge in [-0.2, -0.15) is 20.1 Å². The summed E-state index contributed by atoms with van der Waals surface area (Å²) in [4.78, 5) is 30.7. The molecule has 0 saturated carbocycles. The monoisotopic (exact) mass is 659 g/mol. The van der Waals surface area contributed by atoms with Crippen molar-refractivity contribution in [1.29, 1.82) is 0 Å². The van der Waals surface area contributed by atoms with E-state index in [2.05, 4.69) is 52.9 Å². The maximum Gasteiger partial charge on any atom is 0.343 e. The first-order valence-corrected chi connectivity index (χ1v) is 14.1. The van der Waals surface area contributed by atoms with Gasteiger partial charge >= 0.3 is 5.97 Å². The van der Waals surface area contributed by atoms with Crippen molar-refractivity contribution in [2.75, 3.05) is 74.4 Å². The highest BCUT2D eigenvalue weighted by Gasteiger charge is 2.21. The summed E-state index contributed by atoms with van der Waals surface area (Å²) in [5, 5.41) is 4.36. The second kappa shape index (κ2) is 13.7. The van der Waals surface area contributed by atoms with Crippen molar-refractivity contribution in [1.82, 2.24) is 15.0 Å². The first-order chi connectivity index (χ1) is 19.6. The molecule has 3 aromatic rings. The molecule has 2 saturated heterocycles. The van der Waals surface area contributed by atoms with Crippen LogP contribution < -0.4 is 24.7 Å². The van der Waals surface area contributed by atoms with E-state index in [0.717, 1.165) is 9.13 Å². The molecule has 12 nitrogen and oxygen atoms in total. The van der Waals surface area contributed by atoms with E-state index in [9.17, 15) is 4.79 Å². The van der Waals surface area contributed by atoms with Crippen molar-refractivity contribution in [2.24, 2.45) is 5.10 Å². The largest absolute Gasteiger partial charge is 0.490 e. The third-order valence-electron chi connectivity index (χ3n) is 6.11. The maximum atomic E-state index is 12.7. The van der Waals surface area contributed by atoms with Crippen molar-refractivity contribution < 1.29 is 23.7 Å². The number of carbonyl (C=O) groups is 1. The molecule has 0 bridgehead atoms. The van der Waals surface area contributed by atoms with E-state index in [1.54, 1.807) is 36.5 Å². The fraction of sp³-hybridized carbons (Fsp3) is 0.370. The molecule has 3 heterocycles. The van der Waals surface area contributed by atoms with Crippen LogP contribution in [0.2, 0.25) is 0 Å². The Morgan fingerprint density at radius 2 is 1.65 bits per heavy atom. The highest BCUT2D eigenvalue weighted by molar-refractivity contribution is 14.1. The quantitative estimate of drug-likeness (QED) is 0.120. The van der Waals surface area contributed by atoms with Crippen molar-refractivity contribution in [3.05, 3.63) is 57.2 Å². The molecule has 2 aromatic carbocycles. The van der Waals surface area contributed by atoms with Crippen LogP contribution in [-0.2, 0) is 9.47 Å². The van der Waals surface area contributed by atoms with Crippen LogP contribution in [0, 0.1) is 3.57 Å². The summed E-state index contributed by atoms with van der Waals surface area (Å²) in [7, 11) is 0. The lowest BCUT2D eigenvalue weighted by Gasteiger charge is -2.30. The molecule has 5 rings (SSSR count). The van der Waals surface area contributed by atoms with Gasteiger partial charge in [0.25, 0.3) is 0 Å². The zero-order valence-corrected chi connectivity index (χ0v) is 24.2. The van der Waals surface area contributed by atoms with Crippen LogP contribution in [0.15, 0.2) is 47.6 Å². The van der Waals surface area contributed by atoms with Crippen LogP contribution in [0.3, 0.4) is 0 Å². The van der Waals surface area contributed by atoms with Gasteiger partial charge in [0.1, 0.15) is 0 Å². The van der Waals surface area contributed by atoms with Crippen LogP contribution in [-0.4, -0.2) is 86.3 Å². The molecule has 0 atom stereocenters. The number of halogens is 1. The second-order valence-electron chi connectivity index (χ2n) is 8.87. The number of ether oxygens (including phenoxy) is 4. The van der Waals surface area contributed by atoms with Crippen molar-refractivity contribution in [2.45, 2.75) is 6.92 Å². The van der Waals surface area contributed by atoms with Crippen LogP contribution >= 0.6 is 22.6 Å². The standard InChI is InChI=1S/C27H30IN7O5/c1-2-39-23-16-19(6-7-22(23)40-24(36)20-4-3-5-21(28)17-20)18-29-33-25-30-26(34-8-12-37-13-9-34)32-27(31-25)35-10-14-38-15-11-35/h3-7,16-18H,2,8-15H2,1H3,(H,30,31,32,33). The summed E-state index contributed by atoms with van der Waals surface area (Å²) in [6, 6.07) is 12.5. The number of nitrogens with one attached hydrogen (secondary N) is 1. The first-order valence-electron chi connectivity index (χ1n) is 13.0. The molecule has 0 spiro atoms. The Balaban J connectivity index is 1.32. The smallest absolute Gasteiger partial charge is 0.343 e. The lowest BCUT2D eigenvalue weighted by atomic mass is 10.2. The number of hydrogen-bond donors (Lipinski definition) is 1. The van der Waals surface area contributed by atoms with E-state index in [1.807, 2.05) is 19.1 Å². The Labute approximate surface area is 245 Å². The molecule has 13 heteroatoms. The molecule has 0 aliphatic carbocycles. The Hall–Kier alpha value is -3.56. The molecule has 40 heavy (non-hydrogen) atoms. The third-order valence-corrected chi connectivity index (χ3v) is 6.78. The molecule has 2 aliphatic rings. The van der Waals surface area contributed by atoms with Gasteiger partial charge in [-0.15, -0.1) is 0 Å².